The molecule has 1 saturated carbocycles. The van der Waals surface area contributed by atoms with Gasteiger partial charge in [0.15, 0.2) is 0 Å². The number of carbonyl (C=O) groups excluding carboxylic acids is 2. The molecule has 0 radical (unpaired) electrons. The van der Waals surface area contributed by atoms with E-state index in [1.807, 2.05) is 0 Å². The van der Waals surface area contributed by atoms with Crippen molar-refractivity contribution in [2.24, 2.45) is 11.8 Å². The largest absolute Gasteiger partial charge is 0.393 e. The predicted octanol–water partition coefficient (Wildman–Crippen LogP) is -0.648. The number of nitrogens with zero attached hydrogens (tertiary/aromatic N) is 1. The maximum atomic E-state index is 11.7. The molecule has 2 fully saturated rings. The summed E-state index contributed by atoms with van der Waals surface area (Å²) in [5.74, 6) is 0.474. The maximum Gasteiger partial charge on any atom is 0.241 e. The highest BCUT2D eigenvalue weighted by Gasteiger charge is 2.43. The molecule has 3 unspecified atom stereocenters. The third-order valence-electron chi connectivity index (χ3n) is 3.66. The fourth-order valence-electron chi connectivity index (χ4n) is 2.75. The van der Waals surface area contributed by atoms with Crippen LogP contribution in [-0.4, -0.2) is 47.6 Å². The van der Waals surface area contributed by atoms with Crippen molar-refractivity contribution < 1.29 is 14.7 Å². The van der Waals surface area contributed by atoms with Gasteiger partial charge in [-0.1, -0.05) is 0 Å². The second-order valence-electron chi connectivity index (χ2n) is 4.78. The number of amides is 2. The Morgan fingerprint density at radius 3 is 2.75 bits per heavy atom. The lowest BCUT2D eigenvalue weighted by atomic mass is 10.00. The van der Waals surface area contributed by atoms with E-state index in [0.717, 1.165) is 19.4 Å². The van der Waals surface area contributed by atoms with Crippen molar-refractivity contribution >= 4 is 11.8 Å². The molecular weight excluding hydrogens is 208 g/mol. The lowest BCUT2D eigenvalue weighted by Gasteiger charge is -2.18. The van der Waals surface area contributed by atoms with Gasteiger partial charge < -0.3 is 15.3 Å². The van der Waals surface area contributed by atoms with Crippen LogP contribution in [0.15, 0.2) is 0 Å². The Balaban J connectivity index is 1.84. The molecule has 1 heterocycles. The van der Waals surface area contributed by atoms with E-state index in [1.54, 1.807) is 4.90 Å². The number of fused-ring (bicyclic) bond motifs is 1. The molecule has 5 heteroatoms. The molecule has 90 valence electrons. The Hall–Kier alpha value is -1.10. The second-order valence-corrected chi connectivity index (χ2v) is 4.78. The maximum absolute atomic E-state index is 11.7. The molecule has 0 bridgehead atoms. The first kappa shape index (κ1) is 11.4. The Morgan fingerprint density at radius 1 is 1.38 bits per heavy atom. The van der Waals surface area contributed by atoms with Crippen molar-refractivity contribution in [1.29, 1.82) is 0 Å². The molecule has 1 saturated heterocycles. The molecule has 16 heavy (non-hydrogen) atoms. The van der Waals surface area contributed by atoms with Crippen molar-refractivity contribution in [2.75, 3.05) is 19.6 Å². The minimum absolute atomic E-state index is 0.0446. The van der Waals surface area contributed by atoms with Gasteiger partial charge in [-0.25, -0.2) is 0 Å². The summed E-state index contributed by atoms with van der Waals surface area (Å²) in [6.07, 6.45) is 1.63. The molecule has 0 aromatic carbocycles. The molecule has 2 N–H and O–H groups in total. The first-order valence-electron chi connectivity index (χ1n) is 5.78. The van der Waals surface area contributed by atoms with Crippen LogP contribution in [0.4, 0.5) is 0 Å². The zero-order valence-electron chi connectivity index (χ0n) is 9.48. The molecule has 0 spiro atoms. The normalized spacial score (nSPS) is 32.6. The molecule has 2 amide bonds. The Morgan fingerprint density at radius 2 is 2.12 bits per heavy atom. The van der Waals surface area contributed by atoms with Gasteiger partial charge in [-0.3, -0.25) is 9.59 Å². The molecule has 5 nitrogen and oxygen atoms in total. The van der Waals surface area contributed by atoms with E-state index >= 15 is 0 Å². The van der Waals surface area contributed by atoms with Gasteiger partial charge in [0.05, 0.1) is 12.6 Å². The molecule has 1 aliphatic carbocycles. The van der Waals surface area contributed by atoms with Crippen LogP contribution in [0, 0.1) is 11.8 Å². The van der Waals surface area contributed by atoms with E-state index in [2.05, 4.69) is 5.32 Å². The van der Waals surface area contributed by atoms with Crippen LogP contribution in [0.25, 0.3) is 0 Å². The van der Waals surface area contributed by atoms with Crippen molar-refractivity contribution in [1.82, 2.24) is 10.2 Å². The average molecular weight is 226 g/mol. The summed E-state index contributed by atoms with van der Waals surface area (Å²) in [5.41, 5.74) is 0. The zero-order valence-corrected chi connectivity index (χ0v) is 9.48. The van der Waals surface area contributed by atoms with Crippen LogP contribution >= 0.6 is 0 Å². The van der Waals surface area contributed by atoms with E-state index in [9.17, 15) is 14.7 Å². The molecule has 2 rings (SSSR count). The fraction of sp³-hybridized carbons (Fsp3) is 0.818. The number of carbonyl (C=O) groups is 2. The SMILES string of the molecule is CC(=O)NCC(=O)N1CC2CCC(O)C2C1. The first-order valence-corrected chi connectivity index (χ1v) is 5.78. The summed E-state index contributed by atoms with van der Waals surface area (Å²) >= 11 is 0. The summed E-state index contributed by atoms with van der Waals surface area (Å²) in [5, 5.41) is 12.2. The molecule has 3 atom stereocenters. The van der Waals surface area contributed by atoms with Crippen LogP contribution in [-0.2, 0) is 9.59 Å². The number of hydrogen-bond acceptors (Lipinski definition) is 3. The molecule has 0 aromatic rings. The van der Waals surface area contributed by atoms with Crippen molar-refractivity contribution in [3.63, 3.8) is 0 Å². The quantitative estimate of drug-likeness (QED) is 0.657. The molecule has 1 aliphatic heterocycles. The van der Waals surface area contributed by atoms with Crippen molar-refractivity contribution in [2.45, 2.75) is 25.9 Å². The lowest BCUT2D eigenvalue weighted by Crippen LogP contribution is -2.39. The summed E-state index contributed by atoms with van der Waals surface area (Å²) in [6.45, 7) is 2.85. The van der Waals surface area contributed by atoms with Gasteiger partial charge in [-0.2, -0.15) is 0 Å². The van der Waals surface area contributed by atoms with Crippen LogP contribution in [0.2, 0.25) is 0 Å². The molecular formula is C11H18N2O3. The highest BCUT2D eigenvalue weighted by molar-refractivity contribution is 5.83. The topological polar surface area (TPSA) is 69.6 Å². The Kier molecular flexibility index (Phi) is 3.14. The third kappa shape index (κ3) is 2.19. The van der Waals surface area contributed by atoms with Gasteiger partial charge in [0, 0.05) is 25.9 Å². The number of rotatable bonds is 2. The van der Waals surface area contributed by atoms with Crippen LogP contribution in [0.3, 0.4) is 0 Å². The minimum Gasteiger partial charge on any atom is -0.393 e. The van der Waals surface area contributed by atoms with Crippen molar-refractivity contribution in [3.05, 3.63) is 0 Å². The Labute approximate surface area is 94.8 Å². The van der Waals surface area contributed by atoms with Gasteiger partial charge in [0.2, 0.25) is 11.8 Å². The highest BCUT2D eigenvalue weighted by atomic mass is 16.3. The highest BCUT2D eigenvalue weighted by Crippen LogP contribution is 2.37. The predicted molar refractivity (Wildman–Crippen MR) is 57.5 cm³/mol. The van der Waals surface area contributed by atoms with Crippen molar-refractivity contribution in [3.8, 4) is 0 Å². The number of nitrogens with one attached hydrogen (secondary N) is 1. The van der Waals surface area contributed by atoms with Crippen LogP contribution in [0.5, 0.6) is 0 Å². The van der Waals surface area contributed by atoms with Gasteiger partial charge in [-0.15, -0.1) is 0 Å². The van der Waals surface area contributed by atoms with E-state index < -0.39 is 0 Å². The lowest BCUT2D eigenvalue weighted by molar-refractivity contribution is -0.132. The van der Waals surface area contributed by atoms with Gasteiger partial charge in [0.1, 0.15) is 0 Å². The summed E-state index contributed by atoms with van der Waals surface area (Å²) in [6, 6.07) is 0. The summed E-state index contributed by atoms with van der Waals surface area (Å²) in [4.78, 5) is 24.2. The van der Waals surface area contributed by atoms with Gasteiger partial charge >= 0.3 is 0 Å². The van der Waals surface area contributed by atoms with Crippen LogP contribution < -0.4 is 5.32 Å². The average Bonchev–Trinajstić information content (AvgIpc) is 2.78. The summed E-state index contributed by atoms with van der Waals surface area (Å²) < 4.78 is 0. The van der Waals surface area contributed by atoms with Gasteiger partial charge in [-0.05, 0) is 18.8 Å². The number of hydrogen-bond donors (Lipinski definition) is 2. The van der Waals surface area contributed by atoms with E-state index in [4.69, 9.17) is 0 Å². The number of likely N-dealkylation sites (tertiary alicyclic amines) is 1. The van der Waals surface area contributed by atoms with E-state index in [0.29, 0.717) is 12.5 Å². The minimum atomic E-state index is -0.247. The monoisotopic (exact) mass is 226 g/mol. The standard InChI is InChI=1S/C11H18N2O3/c1-7(14)12-4-11(16)13-5-8-2-3-10(15)9(8)6-13/h8-10,15H,2-6H2,1H3,(H,12,14). The summed E-state index contributed by atoms with van der Waals surface area (Å²) in [7, 11) is 0. The van der Waals surface area contributed by atoms with Crippen LogP contribution in [0.1, 0.15) is 19.8 Å². The second kappa shape index (κ2) is 4.41. The fourth-order valence-corrected chi connectivity index (χ4v) is 2.75. The third-order valence-corrected chi connectivity index (χ3v) is 3.66. The van der Waals surface area contributed by atoms with Gasteiger partial charge in [0.25, 0.3) is 0 Å². The first-order chi connectivity index (χ1) is 7.58. The zero-order chi connectivity index (χ0) is 11.7. The number of aliphatic hydroxyl groups excluding tert-OH is 1. The number of aliphatic hydroxyl groups is 1. The smallest absolute Gasteiger partial charge is 0.241 e. The van der Waals surface area contributed by atoms with E-state index in [-0.39, 0.29) is 30.4 Å². The molecule has 2 aliphatic rings. The molecule has 0 aromatic heterocycles. The Bertz CT molecular complexity index is 306. The van der Waals surface area contributed by atoms with E-state index in [1.165, 1.54) is 6.92 Å².